The number of nitrogens with zero attached hydrogens (tertiary/aromatic N) is 3. The minimum atomic E-state index is 0.538. The first-order valence-electron chi connectivity index (χ1n) is 9.01. The van der Waals surface area contributed by atoms with E-state index in [0.717, 1.165) is 58.4 Å². The lowest BCUT2D eigenvalue weighted by Gasteiger charge is -2.35. The monoisotopic (exact) mass is 327 g/mol. The van der Waals surface area contributed by atoms with Crippen LogP contribution < -0.4 is 10.6 Å². The standard InChI is InChI=1S/C17H37N5O/c1-6-21(5)8-7-19-17(18-4)20-14-16(13-15(2)3)22-9-11-23-12-10-22/h15-16H,6-14H2,1-5H3,(H2,18,19,20). The summed E-state index contributed by atoms with van der Waals surface area (Å²) >= 11 is 0. The van der Waals surface area contributed by atoms with Crippen molar-refractivity contribution in [2.75, 3.05) is 66.6 Å². The van der Waals surface area contributed by atoms with Gasteiger partial charge in [0.2, 0.25) is 0 Å². The summed E-state index contributed by atoms with van der Waals surface area (Å²) in [5.74, 6) is 1.59. The highest BCUT2D eigenvalue weighted by atomic mass is 16.5. The molecule has 2 N–H and O–H groups in total. The van der Waals surface area contributed by atoms with Gasteiger partial charge in [-0.3, -0.25) is 9.89 Å². The zero-order valence-corrected chi connectivity index (χ0v) is 15.8. The molecule has 1 saturated heterocycles. The van der Waals surface area contributed by atoms with Crippen LogP contribution in [0.3, 0.4) is 0 Å². The molecule has 1 fully saturated rings. The number of aliphatic imine (C=N–C) groups is 1. The van der Waals surface area contributed by atoms with E-state index in [4.69, 9.17) is 4.74 Å². The molecule has 1 unspecified atom stereocenters. The summed E-state index contributed by atoms with van der Waals surface area (Å²) < 4.78 is 5.48. The van der Waals surface area contributed by atoms with E-state index in [1.807, 2.05) is 7.05 Å². The molecule has 6 nitrogen and oxygen atoms in total. The molecule has 6 heteroatoms. The molecule has 0 spiro atoms. The maximum Gasteiger partial charge on any atom is 0.191 e. The second-order valence-electron chi connectivity index (χ2n) is 6.71. The van der Waals surface area contributed by atoms with Crippen LogP contribution in [0, 0.1) is 5.92 Å². The van der Waals surface area contributed by atoms with Gasteiger partial charge in [-0.25, -0.2) is 0 Å². The van der Waals surface area contributed by atoms with Crippen molar-refractivity contribution >= 4 is 5.96 Å². The highest BCUT2D eigenvalue weighted by molar-refractivity contribution is 5.79. The van der Waals surface area contributed by atoms with Gasteiger partial charge < -0.3 is 20.3 Å². The van der Waals surface area contributed by atoms with E-state index in [2.05, 4.69) is 53.2 Å². The van der Waals surface area contributed by atoms with Gasteiger partial charge in [-0.2, -0.15) is 0 Å². The van der Waals surface area contributed by atoms with E-state index in [0.29, 0.717) is 12.0 Å². The zero-order valence-electron chi connectivity index (χ0n) is 15.8. The summed E-state index contributed by atoms with van der Waals surface area (Å²) in [7, 11) is 3.97. The van der Waals surface area contributed by atoms with Gasteiger partial charge in [-0.05, 0) is 25.9 Å². The van der Waals surface area contributed by atoms with E-state index in [1.165, 1.54) is 6.42 Å². The summed E-state index contributed by atoms with van der Waals surface area (Å²) in [4.78, 5) is 9.18. The maximum atomic E-state index is 5.48. The third kappa shape index (κ3) is 8.53. The predicted octanol–water partition coefficient (Wildman–Crippen LogP) is 0.850. The molecule has 23 heavy (non-hydrogen) atoms. The lowest BCUT2D eigenvalue weighted by atomic mass is 10.0. The topological polar surface area (TPSA) is 52.1 Å². The van der Waals surface area contributed by atoms with Crippen LogP contribution in [0.4, 0.5) is 0 Å². The van der Waals surface area contributed by atoms with E-state index in [9.17, 15) is 0 Å². The fourth-order valence-corrected chi connectivity index (χ4v) is 2.81. The number of ether oxygens (including phenoxy) is 1. The molecule has 0 aliphatic carbocycles. The molecule has 0 bridgehead atoms. The third-order valence-corrected chi connectivity index (χ3v) is 4.36. The fourth-order valence-electron chi connectivity index (χ4n) is 2.81. The molecule has 0 aromatic rings. The van der Waals surface area contributed by atoms with Crippen molar-refractivity contribution in [1.82, 2.24) is 20.4 Å². The Labute approximate surface area is 142 Å². The smallest absolute Gasteiger partial charge is 0.191 e. The molecular formula is C17H37N5O. The molecule has 1 heterocycles. The summed E-state index contributed by atoms with van der Waals surface area (Å²) in [6, 6.07) is 0.538. The Morgan fingerprint density at radius 1 is 1.26 bits per heavy atom. The minimum absolute atomic E-state index is 0.538. The molecule has 1 aliphatic rings. The van der Waals surface area contributed by atoms with E-state index >= 15 is 0 Å². The van der Waals surface area contributed by atoms with Gasteiger partial charge >= 0.3 is 0 Å². The number of rotatable bonds is 9. The Balaban J connectivity index is 2.41. The molecule has 1 aliphatic heterocycles. The quantitative estimate of drug-likeness (QED) is 0.486. The summed E-state index contributed by atoms with van der Waals surface area (Å²) in [6.45, 7) is 14.5. The summed E-state index contributed by atoms with van der Waals surface area (Å²) in [5, 5.41) is 6.90. The third-order valence-electron chi connectivity index (χ3n) is 4.36. The van der Waals surface area contributed by atoms with E-state index in [-0.39, 0.29) is 0 Å². The SMILES string of the molecule is CCN(C)CCNC(=NC)NCC(CC(C)C)N1CCOCC1. The number of morpholine rings is 1. The Bertz CT molecular complexity index is 329. The molecule has 0 aromatic carbocycles. The minimum Gasteiger partial charge on any atom is -0.379 e. The molecule has 0 saturated carbocycles. The van der Waals surface area contributed by atoms with Crippen LogP contribution in [-0.2, 0) is 4.74 Å². The lowest BCUT2D eigenvalue weighted by Crippen LogP contribution is -2.51. The number of nitrogens with one attached hydrogen (secondary N) is 2. The first-order chi connectivity index (χ1) is 11.1. The van der Waals surface area contributed by atoms with Crippen LogP contribution in [0.25, 0.3) is 0 Å². The molecular weight excluding hydrogens is 290 g/mol. The van der Waals surface area contributed by atoms with Crippen molar-refractivity contribution in [1.29, 1.82) is 0 Å². The van der Waals surface area contributed by atoms with Crippen LogP contribution in [0.1, 0.15) is 27.2 Å². The molecule has 136 valence electrons. The van der Waals surface area contributed by atoms with Crippen molar-refractivity contribution in [3.8, 4) is 0 Å². The number of likely N-dealkylation sites (N-methyl/N-ethyl adjacent to an activating group) is 1. The first-order valence-corrected chi connectivity index (χ1v) is 9.01. The Morgan fingerprint density at radius 3 is 2.52 bits per heavy atom. The molecule has 1 atom stereocenters. The predicted molar refractivity (Wildman–Crippen MR) is 98.2 cm³/mol. The van der Waals surface area contributed by atoms with Gasteiger partial charge in [0.05, 0.1) is 13.2 Å². The molecule has 0 amide bonds. The van der Waals surface area contributed by atoms with Crippen molar-refractivity contribution in [3.63, 3.8) is 0 Å². The van der Waals surface area contributed by atoms with Crippen molar-refractivity contribution in [2.45, 2.75) is 33.2 Å². The highest BCUT2D eigenvalue weighted by Crippen LogP contribution is 2.12. The van der Waals surface area contributed by atoms with Crippen LogP contribution in [0.2, 0.25) is 0 Å². The lowest BCUT2D eigenvalue weighted by molar-refractivity contribution is 0.0132. The van der Waals surface area contributed by atoms with Crippen LogP contribution in [0.15, 0.2) is 4.99 Å². The van der Waals surface area contributed by atoms with Gasteiger partial charge in [0.15, 0.2) is 5.96 Å². The van der Waals surface area contributed by atoms with Crippen molar-refractivity contribution < 1.29 is 4.74 Å². The zero-order chi connectivity index (χ0) is 17.1. The van der Waals surface area contributed by atoms with Gasteiger partial charge in [0.1, 0.15) is 0 Å². The number of hydrogen-bond acceptors (Lipinski definition) is 4. The maximum absolute atomic E-state index is 5.48. The van der Waals surface area contributed by atoms with Crippen LogP contribution >= 0.6 is 0 Å². The summed E-state index contributed by atoms with van der Waals surface area (Å²) in [6.07, 6.45) is 1.20. The van der Waals surface area contributed by atoms with Gasteiger partial charge in [0.25, 0.3) is 0 Å². The fraction of sp³-hybridized carbons (Fsp3) is 0.941. The normalized spacial score (nSPS) is 18.5. The second kappa shape index (κ2) is 11.6. The second-order valence-corrected chi connectivity index (χ2v) is 6.71. The molecule has 0 aromatic heterocycles. The Morgan fingerprint density at radius 2 is 1.96 bits per heavy atom. The van der Waals surface area contributed by atoms with Gasteiger partial charge in [0, 0.05) is 45.8 Å². The van der Waals surface area contributed by atoms with Crippen LogP contribution in [0.5, 0.6) is 0 Å². The average Bonchev–Trinajstić information content (AvgIpc) is 2.56. The highest BCUT2D eigenvalue weighted by Gasteiger charge is 2.22. The summed E-state index contributed by atoms with van der Waals surface area (Å²) in [5.41, 5.74) is 0. The molecule has 0 radical (unpaired) electrons. The average molecular weight is 328 g/mol. The number of guanidine groups is 1. The number of hydrogen-bond donors (Lipinski definition) is 2. The Kier molecular flexibility index (Phi) is 10.2. The van der Waals surface area contributed by atoms with Gasteiger partial charge in [-0.1, -0.05) is 20.8 Å². The first kappa shape index (κ1) is 20.2. The van der Waals surface area contributed by atoms with Crippen molar-refractivity contribution in [2.24, 2.45) is 10.9 Å². The van der Waals surface area contributed by atoms with E-state index < -0.39 is 0 Å². The van der Waals surface area contributed by atoms with Crippen molar-refractivity contribution in [3.05, 3.63) is 0 Å². The van der Waals surface area contributed by atoms with Gasteiger partial charge in [-0.15, -0.1) is 0 Å². The van der Waals surface area contributed by atoms with E-state index in [1.54, 1.807) is 0 Å². The van der Waals surface area contributed by atoms with Crippen LogP contribution in [-0.4, -0.2) is 88.4 Å². The molecule has 1 rings (SSSR count). The Hall–Kier alpha value is -0.850. The largest absolute Gasteiger partial charge is 0.379 e.